The highest BCUT2D eigenvalue weighted by atomic mass is 16.5. The minimum absolute atomic E-state index is 0.100. The van der Waals surface area contributed by atoms with E-state index in [9.17, 15) is 14.4 Å². The van der Waals surface area contributed by atoms with E-state index in [0.29, 0.717) is 16.8 Å². The summed E-state index contributed by atoms with van der Waals surface area (Å²) in [6.45, 7) is 1.45. The summed E-state index contributed by atoms with van der Waals surface area (Å²) in [7, 11) is 1.49. The summed E-state index contributed by atoms with van der Waals surface area (Å²) in [6.07, 6.45) is 0. The van der Waals surface area contributed by atoms with Gasteiger partial charge >= 0.3 is 5.63 Å². The molecule has 126 valence electrons. The van der Waals surface area contributed by atoms with E-state index in [1.807, 2.05) is 6.07 Å². The lowest BCUT2D eigenvalue weighted by Crippen LogP contribution is -2.17. The second kappa shape index (κ2) is 6.60. The van der Waals surface area contributed by atoms with Crippen LogP contribution in [0.25, 0.3) is 11.1 Å². The molecular formula is C19H16N2O4. The number of nitrogens with zero attached hydrogens (tertiary/aromatic N) is 1. The van der Waals surface area contributed by atoms with Crippen LogP contribution in [0.1, 0.15) is 27.8 Å². The smallest absolute Gasteiger partial charge is 0.335 e. The molecule has 2 aromatic carbocycles. The average molecular weight is 336 g/mol. The number of ketones is 1. The van der Waals surface area contributed by atoms with Crippen molar-refractivity contribution in [1.82, 2.24) is 4.74 Å². The molecule has 0 atom stereocenters. The Bertz CT molecular complexity index is 1000. The normalized spacial score (nSPS) is 10.5. The molecule has 0 radical (unpaired) electrons. The van der Waals surface area contributed by atoms with Crippen molar-refractivity contribution in [2.24, 2.45) is 7.05 Å². The highest BCUT2D eigenvalue weighted by molar-refractivity contribution is 6.07. The van der Waals surface area contributed by atoms with Crippen molar-refractivity contribution in [2.75, 3.05) is 5.32 Å². The van der Waals surface area contributed by atoms with E-state index >= 15 is 0 Å². The van der Waals surface area contributed by atoms with Gasteiger partial charge in [-0.15, -0.1) is 0 Å². The maximum atomic E-state index is 12.7. The molecule has 3 aromatic rings. The molecule has 1 heterocycles. The molecule has 0 spiro atoms. The first-order valence-electron chi connectivity index (χ1n) is 7.65. The average Bonchev–Trinajstić information content (AvgIpc) is 2.90. The van der Waals surface area contributed by atoms with Gasteiger partial charge in [0.05, 0.1) is 0 Å². The third-order valence-corrected chi connectivity index (χ3v) is 3.78. The Morgan fingerprint density at radius 2 is 1.76 bits per heavy atom. The lowest BCUT2D eigenvalue weighted by molar-refractivity contribution is 0.0996. The topological polar surface area (TPSA) is 81.3 Å². The first-order valence-corrected chi connectivity index (χ1v) is 7.65. The van der Waals surface area contributed by atoms with Crippen molar-refractivity contribution in [3.8, 4) is 11.1 Å². The number of carbonyl (C=O) groups is 2. The molecule has 0 saturated carbocycles. The van der Waals surface area contributed by atoms with E-state index in [2.05, 4.69) is 5.32 Å². The molecule has 6 heteroatoms. The molecule has 1 aromatic heterocycles. The van der Waals surface area contributed by atoms with Crippen LogP contribution < -0.4 is 10.9 Å². The molecule has 25 heavy (non-hydrogen) atoms. The van der Waals surface area contributed by atoms with Crippen LogP contribution in [0.4, 0.5) is 5.69 Å². The van der Waals surface area contributed by atoms with Crippen molar-refractivity contribution in [2.45, 2.75) is 6.92 Å². The van der Waals surface area contributed by atoms with Gasteiger partial charge in [0.15, 0.2) is 11.5 Å². The molecule has 0 aliphatic rings. The van der Waals surface area contributed by atoms with Crippen LogP contribution in [0.3, 0.4) is 0 Å². The van der Waals surface area contributed by atoms with Crippen LogP contribution in [-0.4, -0.2) is 16.4 Å². The molecule has 0 saturated heterocycles. The lowest BCUT2D eigenvalue weighted by atomic mass is 10.1. The number of hydrogen-bond acceptors (Lipinski definition) is 4. The molecular weight excluding hydrogens is 320 g/mol. The minimum atomic E-state index is -0.587. The highest BCUT2D eigenvalue weighted by Gasteiger charge is 2.23. The molecule has 0 bridgehead atoms. The van der Waals surface area contributed by atoms with Gasteiger partial charge in [-0.1, -0.05) is 42.5 Å². The maximum Gasteiger partial charge on any atom is 0.366 e. The minimum Gasteiger partial charge on any atom is -0.335 e. The van der Waals surface area contributed by atoms with E-state index in [1.165, 1.54) is 14.0 Å². The largest absolute Gasteiger partial charge is 0.366 e. The van der Waals surface area contributed by atoms with Gasteiger partial charge in [0.25, 0.3) is 5.91 Å². The molecule has 3 rings (SSSR count). The molecule has 0 aliphatic carbocycles. The fourth-order valence-electron chi connectivity index (χ4n) is 2.59. The molecule has 0 fully saturated rings. The van der Waals surface area contributed by atoms with Crippen LogP contribution in [-0.2, 0) is 7.05 Å². The van der Waals surface area contributed by atoms with Crippen LogP contribution in [0.15, 0.2) is 63.9 Å². The third-order valence-electron chi connectivity index (χ3n) is 3.78. The molecule has 1 N–H and O–H groups in total. The van der Waals surface area contributed by atoms with E-state index in [1.54, 1.807) is 48.5 Å². The van der Waals surface area contributed by atoms with Crippen LogP contribution in [0, 0.1) is 0 Å². The van der Waals surface area contributed by atoms with Gasteiger partial charge in [0.1, 0.15) is 5.56 Å². The maximum absolute atomic E-state index is 12.7. The summed E-state index contributed by atoms with van der Waals surface area (Å²) in [5.74, 6) is -0.593. The van der Waals surface area contributed by atoms with Crippen molar-refractivity contribution in [3.63, 3.8) is 0 Å². The van der Waals surface area contributed by atoms with Gasteiger partial charge in [-0.05, 0) is 24.6 Å². The molecule has 0 unspecified atom stereocenters. The van der Waals surface area contributed by atoms with Crippen molar-refractivity contribution >= 4 is 17.4 Å². The summed E-state index contributed by atoms with van der Waals surface area (Å²) >= 11 is 0. The number of carbonyl (C=O) groups excluding carboxylic acids is 2. The summed E-state index contributed by atoms with van der Waals surface area (Å²) in [5.41, 5.74) is 1.27. The Morgan fingerprint density at radius 3 is 2.44 bits per heavy atom. The van der Waals surface area contributed by atoms with Crippen molar-refractivity contribution < 1.29 is 14.1 Å². The first kappa shape index (κ1) is 16.4. The van der Waals surface area contributed by atoms with Crippen molar-refractivity contribution in [1.29, 1.82) is 0 Å². The van der Waals surface area contributed by atoms with E-state index < -0.39 is 11.5 Å². The first-order chi connectivity index (χ1) is 12.0. The number of hydrogen-bond donors (Lipinski definition) is 1. The Hall–Kier alpha value is -3.41. The van der Waals surface area contributed by atoms with Crippen LogP contribution in [0.5, 0.6) is 0 Å². The van der Waals surface area contributed by atoms with E-state index in [4.69, 9.17) is 4.52 Å². The van der Waals surface area contributed by atoms with Gasteiger partial charge in [0.2, 0.25) is 0 Å². The Labute approximate surface area is 143 Å². The predicted octanol–water partition coefficient (Wildman–Crippen LogP) is 3.10. The summed E-state index contributed by atoms with van der Waals surface area (Å²) < 4.78 is 6.21. The number of nitrogens with one attached hydrogen (secondary N) is 1. The summed E-state index contributed by atoms with van der Waals surface area (Å²) in [6, 6.07) is 15.4. The van der Waals surface area contributed by atoms with Crippen LogP contribution in [0.2, 0.25) is 0 Å². The zero-order valence-corrected chi connectivity index (χ0v) is 13.8. The number of amides is 1. The Morgan fingerprint density at radius 1 is 1.04 bits per heavy atom. The fourth-order valence-corrected chi connectivity index (χ4v) is 2.59. The van der Waals surface area contributed by atoms with Gasteiger partial charge < -0.3 is 9.84 Å². The summed E-state index contributed by atoms with van der Waals surface area (Å²) in [4.78, 5) is 36.3. The second-order valence-electron chi connectivity index (χ2n) is 5.56. The lowest BCUT2D eigenvalue weighted by Gasteiger charge is -2.08. The number of benzene rings is 2. The number of rotatable bonds is 4. The number of Topliss-reactive ketones (excluding diaryl/α,β-unsaturated/α-hetero) is 1. The molecule has 1 amide bonds. The Balaban J connectivity index is 2.00. The highest BCUT2D eigenvalue weighted by Crippen LogP contribution is 2.22. The second-order valence-corrected chi connectivity index (χ2v) is 5.56. The van der Waals surface area contributed by atoms with E-state index in [-0.39, 0.29) is 17.0 Å². The predicted molar refractivity (Wildman–Crippen MR) is 93.8 cm³/mol. The Kier molecular flexibility index (Phi) is 4.35. The van der Waals surface area contributed by atoms with Crippen molar-refractivity contribution in [3.05, 3.63) is 76.3 Å². The number of anilines is 1. The third kappa shape index (κ3) is 3.28. The number of aryl methyl sites for hydroxylation is 1. The fraction of sp³-hybridized carbons (Fsp3) is 0.105. The van der Waals surface area contributed by atoms with Gasteiger partial charge in [-0.3, -0.25) is 9.59 Å². The van der Waals surface area contributed by atoms with Gasteiger partial charge in [-0.25, -0.2) is 9.53 Å². The monoisotopic (exact) mass is 336 g/mol. The van der Waals surface area contributed by atoms with E-state index in [0.717, 1.165) is 4.74 Å². The van der Waals surface area contributed by atoms with Gasteiger partial charge in [0, 0.05) is 18.3 Å². The van der Waals surface area contributed by atoms with Gasteiger partial charge in [-0.2, -0.15) is 0 Å². The standard InChI is InChI=1S/C19H16N2O4/c1-12(22)14-9-6-10-15(11-14)20-18(23)17-16(19(24)25-21(17)2)13-7-4-3-5-8-13/h3-11H,1-2H3,(H,20,23). The SMILES string of the molecule is CC(=O)c1cccc(NC(=O)c2c(-c3ccccc3)c(=O)on2C)c1. The zero-order valence-electron chi connectivity index (χ0n) is 13.8. The summed E-state index contributed by atoms with van der Waals surface area (Å²) in [5, 5.41) is 2.71. The number of aromatic nitrogens is 1. The van der Waals surface area contributed by atoms with Crippen LogP contribution >= 0.6 is 0 Å². The molecule has 0 aliphatic heterocycles. The zero-order chi connectivity index (χ0) is 18.0. The molecule has 6 nitrogen and oxygen atoms in total. The quantitative estimate of drug-likeness (QED) is 0.742.